The Hall–Kier alpha value is -0.780. The van der Waals surface area contributed by atoms with Crippen LogP contribution in [0.2, 0.25) is 0 Å². The van der Waals surface area contributed by atoms with Crippen LogP contribution in [0.25, 0.3) is 0 Å². The molecule has 0 saturated carbocycles. The minimum atomic E-state index is -0.772. The van der Waals surface area contributed by atoms with Crippen molar-refractivity contribution < 1.29 is 9.53 Å². The molecule has 14 heavy (non-hydrogen) atoms. The van der Waals surface area contributed by atoms with Crippen molar-refractivity contribution in [2.45, 2.75) is 18.4 Å². The summed E-state index contributed by atoms with van der Waals surface area (Å²) in [7, 11) is 0. The van der Waals surface area contributed by atoms with E-state index in [0.717, 1.165) is 5.01 Å². The fraction of sp³-hybridized carbons (Fsp3) is 0.556. The molecule has 0 radical (unpaired) electrons. The molecule has 1 fully saturated rings. The molecular formula is C9H12N2O2S. The number of carbonyl (C=O) groups excluding carboxylic acids is 1. The molecule has 0 amide bonds. The highest BCUT2D eigenvalue weighted by molar-refractivity contribution is 7.09. The zero-order chi connectivity index (χ0) is 10.0. The summed E-state index contributed by atoms with van der Waals surface area (Å²) in [6.45, 7) is 0.928. The second kappa shape index (κ2) is 3.76. The van der Waals surface area contributed by atoms with Gasteiger partial charge in [-0.2, -0.15) is 0 Å². The predicted molar refractivity (Wildman–Crippen MR) is 53.2 cm³/mol. The van der Waals surface area contributed by atoms with Crippen molar-refractivity contribution in [2.24, 2.45) is 5.73 Å². The Kier molecular flexibility index (Phi) is 2.62. The van der Waals surface area contributed by atoms with Crippen LogP contribution in [0.3, 0.4) is 0 Å². The lowest BCUT2D eigenvalue weighted by Gasteiger charge is -2.18. The molecule has 1 unspecified atom stereocenters. The molecule has 1 aliphatic rings. The van der Waals surface area contributed by atoms with E-state index in [9.17, 15) is 4.79 Å². The van der Waals surface area contributed by atoms with E-state index >= 15 is 0 Å². The Bertz CT molecular complexity index is 318. The van der Waals surface area contributed by atoms with Gasteiger partial charge < -0.3 is 10.5 Å². The molecule has 1 saturated heterocycles. The third kappa shape index (κ3) is 1.84. The highest BCUT2D eigenvalue weighted by Gasteiger charge is 2.37. The summed E-state index contributed by atoms with van der Waals surface area (Å²) in [4.78, 5) is 15.9. The van der Waals surface area contributed by atoms with Crippen molar-refractivity contribution in [3.8, 4) is 0 Å². The van der Waals surface area contributed by atoms with Crippen LogP contribution >= 0.6 is 11.3 Å². The van der Waals surface area contributed by atoms with Gasteiger partial charge >= 0.3 is 0 Å². The SMILES string of the molecule is NC1(C(=O)Cc2nccs2)CCOC1. The summed E-state index contributed by atoms with van der Waals surface area (Å²) in [5.74, 6) is 0.0324. The molecule has 0 aliphatic carbocycles. The van der Waals surface area contributed by atoms with Crippen LogP contribution < -0.4 is 5.73 Å². The van der Waals surface area contributed by atoms with E-state index in [1.54, 1.807) is 6.20 Å². The smallest absolute Gasteiger partial charge is 0.161 e. The van der Waals surface area contributed by atoms with Gasteiger partial charge in [-0.25, -0.2) is 4.98 Å². The number of rotatable bonds is 3. The number of ketones is 1. The number of Topliss-reactive ketones (excluding diaryl/α,β-unsaturated/α-hetero) is 1. The molecule has 2 N–H and O–H groups in total. The molecule has 4 nitrogen and oxygen atoms in total. The molecule has 0 bridgehead atoms. The first-order valence-corrected chi connectivity index (χ1v) is 5.37. The van der Waals surface area contributed by atoms with E-state index in [4.69, 9.17) is 10.5 Å². The van der Waals surface area contributed by atoms with Crippen LogP contribution in [0.5, 0.6) is 0 Å². The van der Waals surface area contributed by atoms with Gasteiger partial charge in [0.25, 0.3) is 0 Å². The lowest BCUT2D eigenvalue weighted by atomic mass is 9.93. The van der Waals surface area contributed by atoms with Crippen molar-refractivity contribution >= 4 is 17.1 Å². The van der Waals surface area contributed by atoms with Crippen molar-refractivity contribution in [3.63, 3.8) is 0 Å². The minimum Gasteiger partial charge on any atom is -0.379 e. The van der Waals surface area contributed by atoms with Crippen molar-refractivity contribution in [1.82, 2.24) is 4.98 Å². The maximum atomic E-state index is 11.8. The fourth-order valence-electron chi connectivity index (χ4n) is 1.45. The Balaban J connectivity index is 2.02. The van der Waals surface area contributed by atoms with Gasteiger partial charge in [0.05, 0.1) is 18.0 Å². The van der Waals surface area contributed by atoms with Crippen molar-refractivity contribution in [2.75, 3.05) is 13.2 Å². The number of carbonyl (C=O) groups is 1. The quantitative estimate of drug-likeness (QED) is 0.786. The standard InChI is InChI=1S/C9H12N2O2S/c10-9(1-3-13-6-9)7(12)5-8-11-2-4-14-8/h2,4H,1,3,5-6,10H2. The summed E-state index contributed by atoms with van der Waals surface area (Å²) < 4.78 is 5.14. The third-order valence-corrected chi connectivity index (χ3v) is 3.18. The maximum Gasteiger partial charge on any atom is 0.161 e. The van der Waals surface area contributed by atoms with Crippen LogP contribution in [0.4, 0.5) is 0 Å². The molecule has 0 spiro atoms. The van der Waals surface area contributed by atoms with Crippen molar-refractivity contribution in [1.29, 1.82) is 0 Å². The van der Waals surface area contributed by atoms with Gasteiger partial charge in [-0.3, -0.25) is 4.79 Å². The average molecular weight is 212 g/mol. The van der Waals surface area contributed by atoms with Gasteiger partial charge in [0.2, 0.25) is 0 Å². The average Bonchev–Trinajstić information content (AvgIpc) is 2.76. The van der Waals surface area contributed by atoms with Crippen molar-refractivity contribution in [3.05, 3.63) is 16.6 Å². The van der Waals surface area contributed by atoms with Gasteiger partial charge in [-0.05, 0) is 6.42 Å². The first kappa shape index (κ1) is 9.76. The Morgan fingerprint density at radius 1 is 1.79 bits per heavy atom. The summed E-state index contributed by atoms with van der Waals surface area (Å²) in [5, 5.41) is 2.68. The summed E-state index contributed by atoms with van der Waals surface area (Å²) in [5.41, 5.74) is 5.15. The minimum absolute atomic E-state index is 0.0324. The number of ether oxygens (including phenoxy) is 1. The lowest BCUT2D eigenvalue weighted by molar-refractivity contribution is -0.123. The zero-order valence-corrected chi connectivity index (χ0v) is 8.55. The molecule has 76 valence electrons. The Morgan fingerprint density at radius 2 is 2.64 bits per heavy atom. The lowest BCUT2D eigenvalue weighted by Crippen LogP contribution is -2.49. The van der Waals surface area contributed by atoms with Crippen LogP contribution in [0.1, 0.15) is 11.4 Å². The Labute approximate surface area is 86.1 Å². The first-order valence-electron chi connectivity index (χ1n) is 4.49. The second-order valence-corrected chi connectivity index (χ2v) is 4.46. The Morgan fingerprint density at radius 3 is 3.21 bits per heavy atom. The number of hydrogen-bond acceptors (Lipinski definition) is 5. The highest BCUT2D eigenvalue weighted by atomic mass is 32.1. The van der Waals surface area contributed by atoms with Gasteiger partial charge in [-0.15, -0.1) is 11.3 Å². The molecular weight excluding hydrogens is 200 g/mol. The number of aromatic nitrogens is 1. The molecule has 1 aromatic rings. The molecule has 1 aliphatic heterocycles. The van der Waals surface area contributed by atoms with Crippen LogP contribution in [-0.2, 0) is 16.0 Å². The summed E-state index contributed by atoms with van der Waals surface area (Å²) in [6, 6.07) is 0. The molecule has 1 aromatic heterocycles. The first-order chi connectivity index (χ1) is 6.71. The van der Waals surface area contributed by atoms with E-state index in [0.29, 0.717) is 26.1 Å². The summed E-state index contributed by atoms with van der Waals surface area (Å²) in [6.07, 6.45) is 2.65. The van der Waals surface area contributed by atoms with E-state index in [1.165, 1.54) is 11.3 Å². The van der Waals surface area contributed by atoms with E-state index in [-0.39, 0.29) is 5.78 Å². The number of thiazole rings is 1. The number of hydrogen-bond donors (Lipinski definition) is 1. The molecule has 5 heteroatoms. The van der Waals surface area contributed by atoms with Gasteiger partial charge in [-0.1, -0.05) is 0 Å². The maximum absolute atomic E-state index is 11.8. The van der Waals surface area contributed by atoms with Gasteiger partial charge in [0, 0.05) is 18.2 Å². The normalized spacial score (nSPS) is 26.6. The third-order valence-electron chi connectivity index (χ3n) is 2.40. The van der Waals surface area contributed by atoms with Crippen LogP contribution in [0, 0.1) is 0 Å². The topological polar surface area (TPSA) is 65.2 Å². The molecule has 0 aromatic carbocycles. The number of nitrogens with zero attached hydrogens (tertiary/aromatic N) is 1. The molecule has 1 atom stereocenters. The van der Waals surface area contributed by atoms with Crippen LogP contribution in [0.15, 0.2) is 11.6 Å². The highest BCUT2D eigenvalue weighted by Crippen LogP contribution is 2.19. The second-order valence-electron chi connectivity index (χ2n) is 3.48. The van der Waals surface area contributed by atoms with Gasteiger partial charge in [0.1, 0.15) is 5.54 Å². The predicted octanol–water partition coefficient (Wildman–Crippen LogP) is 0.372. The van der Waals surface area contributed by atoms with E-state index < -0.39 is 5.54 Å². The monoisotopic (exact) mass is 212 g/mol. The summed E-state index contributed by atoms with van der Waals surface area (Å²) >= 11 is 1.48. The van der Waals surface area contributed by atoms with E-state index in [1.807, 2.05) is 5.38 Å². The largest absolute Gasteiger partial charge is 0.379 e. The molecule has 2 heterocycles. The van der Waals surface area contributed by atoms with Crippen LogP contribution in [-0.4, -0.2) is 29.5 Å². The zero-order valence-electron chi connectivity index (χ0n) is 7.73. The fourth-order valence-corrected chi connectivity index (χ4v) is 2.07. The van der Waals surface area contributed by atoms with Gasteiger partial charge in [0.15, 0.2) is 5.78 Å². The van der Waals surface area contributed by atoms with E-state index in [2.05, 4.69) is 4.98 Å². The molecule has 2 rings (SSSR count). The number of nitrogens with two attached hydrogens (primary N) is 1.